The maximum atomic E-state index is 13.9. The smallest absolute Gasteiger partial charge is 0.389 e. The lowest BCUT2D eigenvalue weighted by Crippen LogP contribution is -2.60. The molecule has 0 bridgehead atoms. The van der Waals surface area contributed by atoms with E-state index in [-0.39, 0.29) is 64.5 Å². The van der Waals surface area contributed by atoms with Gasteiger partial charge in [-0.2, -0.15) is 13.2 Å². The first-order valence-electron chi connectivity index (χ1n) is 17.9. The minimum atomic E-state index is -4.42. The van der Waals surface area contributed by atoms with Crippen molar-refractivity contribution in [3.8, 4) is 0 Å². The minimum Gasteiger partial charge on any atom is -0.480 e. The Morgan fingerprint density at radius 2 is 1.23 bits per heavy atom. The number of nitrogens with one attached hydrogen (secondary N) is 3. The third kappa shape index (κ3) is 14.4. The molecule has 1 saturated heterocycles. The van der Waals surface area contributed by atoms with Crippen molar-refractivity contribution in [3.05, 3.63) is 71.8 Å². The molecular weight excluding hydrogens is 695 g/mol. The Morgan fingerprint density at radius 1 is 0.736 bits per heavy atom. The molecule has 292 valence electrons. The van der Waals surface area contributed by atoms with E-state index in [2.05, 4.69) is 16.0 Å². The van der Waals surface area contributed by atoms with Gasteiger partial charge < -0.3 is 43.2 Å². The SMILES string of the molecule is NCCCC[C@@H](NC(=O)C(CCCCC(F)(F)F)NC(=O)[C@@H](Cc1ccccc1)NC(=O)[C@H](N)Cc1ccccc1)C(=O)N1CCC(N)(C(=O)O)CC1. The number of alkyl halides is 3. The van der Waals surface area contributed by atoms with Crippen molar-refractivity contribution in [2.45, 2.75) is 107 Å². The van der Waals surface area contributed by atoms with Crippen LogP contribution in [0.2, 0.25) is 0 Å². The highest BCUT2D eigenvalue weighted by molar-refractivity contribution is 5.95. The predicted octanol–water partition coefficient (Wildman–Crippen LogP) is 1.91. The Labute approximate surface area is 307 Å². The van der Waals surface area contributed by atoms with Crippen LogP contribution < -0.4 is 33.2 Å². The van der Waals surface area contributed by atoms with Crippen LogP contribution in [0.25, 0.3) is 0 Å². The number of piperidine rings is 1. The summed E-state index contributed by atoms with van der Waals surface area (Å²) in [5.41, 5.74) is 17.8. The van der Waals surface area contributed by atoms with Crippen molar-refractivity contribution in [3.63, 3.8) is 0 Å². The van der Waals surface area contributed by atoms with Gasteiger partial charge in [-0.05, 0) is 69.0 Å². The molecular formula is C37H52F3N7O6. The molecule has 1 aliphatic rings. The number of carbonyl (C=O) groups is 5. The number of hydrogen-bond acceptors (Lipinski definition) is 8. The van der Waals surface area contributed by atoms with Crippen LogP contribution in [0.3, 0.4) is 0 Å². The third-order valence-electron chi connectivity index (χ3n) is 9.34. The predicted molar refractivity (Wildman–Crippen MR) is 192 cm³/mol. The highest BCUT2D eigenvalue weighted by Crippen LogP contribution is 2.24. The molecule has 4 atom stereocenters. The number of carboxylic acids is 1. The summed E-state index contributed by atoms with van der Waals surface area (Å²) >= 11 is 0. The van der Waals surface area contributed by atoms with Gasteiger partial charge in [0.05, 0.1) is 6.04 Å². The number of carboxylic acid groups (broad SMARTS) is 1. The molecule has 1 fully saturated rings. The molecule has 1 aliphatic heterocycles. The molecule has 0 saturated carbocycles. The quantitative estimate of drug-likeness (QED) is 0.0982. The fourth-order valence-corrected chi connectivity index (χ4v) is 6.10. The van der Waals surface area contributed by atoms with Gasteiger partial charge in [0.1, 0.15) is 23.7 Å². The van der Waals surface area contributed by atoms with Gasteiger partial charge in [-0.25, -0.2) is 0 Å². The molecule has 2 aromatic carbocycles. The molecule has 16 heteroatoms. The number of nitrogens with two attached hydrogens (primary N) is 3. The van der Waals surface area contributed by atoms with Crippen molar-refractivity contribution in [1.82, 2.24) is 20.9 Å². The topological polar surface area (TPSA) is 223 Å². The fraction of sp³-hybridized carbons (Fsp3) is 0.541. The Morgan fingerprint density at radius 3 is 1.77 bits per heavy atom. The first-order valence-corrected chi connectivity index (χ1v) is 17.9. The standard InChI is InChI=1S/C37H52F3N7O6/c38-37(39,40)17-9-7-15-28(32(49)45-29(16-8-10-20-41)34(51)47-21-18-36(43,19-22-47)35(52)53)44-33(50)30(24-26-13-5-2-6-14-26)46-31(48)27(42)23-25-11-3-1-4-12-25/h1-6,11-14,27-30H,7-10,15-24,41-43H2,(H,44,50)(H,45,49)(H,46,48)(H,52,53)/t27-,28?,29-,30-/m1/s1. The van der Waals surface area contributed by atoms with Crippen LogP contribution in [-0.4, -0.2) is 95.1 Å². The minimum absolute atomic E-state index is 0.00104. The van der Waals surface area contributed by atoms with Gasteiger partial charge in [0.15, 0.2) is 0 Å². The van der Waals surface area contributed by atoms with Crippen LogP contribution >= 0.6 is 0 Å². The average molecular weight is 748 g/mol. The molecule has 2 aromatic rings. The lowest BCUT2D eigenvalue weighted by atomic mass is 9.88. The normalized spacial score (nSPS) is 16.5. The second-order valence-corrected chi connectivity index (χ2v) is 13.6. The molecule has 4 amide bonds. The van der Waals surface area contributed by atoms with E-state index in [0.29, 0.717) is 24.9 Å². The molecule has 0 spiro atoms. The largest absolute Gasteiger partial charge is 0.480 e. The van der Waals surface area contributed by atoms with Crippen LogP contribution in [0.5, 0.6) is 0 Å². The Balaban J connectivity index is 1.82. The van der Waals surface area contributed by atoms with E-state index in [4.69, 9.17) is 17.2 Å². The summed E-state index contributed by atoms with van der Waals surface area (Å²) in [6, 6.07) is 13.2. The zero-order valence-electron chi connectivity index (χ0n) is 29.8. The second kappa shape index (κ2) is 20.6. The lowest BCUT2D eigenvalue weighted by molar-refractivity contribution is -0.148. The monoisotopic (exact) mass is 747 g/mol. The van der Waals surface area contributed by atoms with E-state index in [1.165, 1.54) is 4.90 Å². The Kier molecular flexibility index (Phi) is 16.7. The summed E-state index contributed by atoms with van der Waals surface area (Å²) in [7, 11) is 0. The van der Waals surface area contributed by atoms with Gasteiger partial charge in [0.25, 0.3) is 0 Å². The summed E-state index contributed by atoms with van der Waals surface area (Å²) in [6.45, 7) is 0.403. The Hall–Kier alpha value is -4.54. The van der Waals surface area contributed by atoms with Crippen LogP contribution in [-0.2, 0) is 36.8 Å². The van der Waals surface area contributed by atoms with Crippen molar-refractivity contribution in [2.75, 3.05) is 19.6 Å². The number of rotatable bonds is 20. The molecule has 13 nitrogen and oxygen atoms in total. The van der Waals surface area contributed by atoms with E-state index < -0.39 is 71.9 Å². The van der Waals surface area contributed by atoms with Crippen LogP contribution in [0.1, 0.15) is 68.9 Å². The first kappa shape index (κ1) is 42.9. The average Bonchev–Trinajstić information content (AvgIpc) is 3.12. The maximum Gasteiger partial charge on any atom is 0.389 e. The van der Waals surface area contributed by atoms with E-state index in [9.17, 15) is 42.3 Å². The van der Waals surface area contributed by atoms with Gasteiger partial charge in [0, 0.05) is 25.9 Å². The molecule has 53 heavy (non-hydrogen) atoms. The zero-order chi connectivity index (χ0) is 39.0. The molecule has 0 aliphatic carbocycles. The maximum absolute atomic E-state index is 13.9. The molecule has 0 radical (unpaired) electrons. The highest BCUT2D eigenvalue weighted by Gasteiger charge is 2.40. The van der Waals surface area contributed by atoms with Crippen molar-refractivity contribution in [1.29, 1.82) is 0 Å². The van der Waals surface area contributed by atoms with E-state index in [1.54, 1.807) is 42.5 Å². The van der Waals surface area contributed by atoms with E-state index in [1.807, 2.05) is 18.2 Å². The number of halogens is 3. The number of likely N-dealkylation sites (tertiary alicyclic amines) is 1. The number of benzene rings is 2. The van der Waals surface area contributed by atoms with Gasteiger partial charge in [-0.1, -0.05) is 67.1 Å². The van der Waals surface area contributed by atoms with Crippen molar-refractivity contribution < 1.29 is 42.3 Å². The molecule has 3 rings (SSSR count). The number of aliphatic carboxylic acids is 1. The summed E-state index contributed by atoms with van der Waals surface area (Å²) < 4.78 is 38.9. The highest BCUT2D eigenvalue weighted by atomic mass is 19.4. The molecule has 1 heterocycles. The first-order chi connectivity index (χ1) is 25.1. The summed E-state index contributed by atoms with van der Waals surface area (Å²) in [5, 5.41) is 17.5. The van der Waals surface area contributed by atoms with Crippen LogP contribution in [0, 0.1) is 0 Å². The van der Waals surface area contributed by atoms with Crippen molar-refractivity contribution in [2.24, 2.45) is 17.2 Å². The van der Waals surface area contributed by atoms with Gasteiger partial charge in [-0.3, -0.25) is 24.0 Å². The Bertz CT molecular complexity index is 1490. The number of amides is 4. The van der Waals surface area contributed by atoms with Crippen molar-refractivity contribution >= 4 is 29.6 Å². The van der Waals surface area contributed by atoms with Crippen LogP contribution in [0.15, 0.2) is 60.7 Å². The zero-order valence-corrected chi connectivity index (χ0v) is 29.8. The lowest BCUT2D eigenvalue weighted by Gasteiger charge is -2.38. The summed E-state index contributed by atoms with van der Waals surface area (Å²) in [5.74, 6) is -3.83. The van der Waals surface area contributed by atoms with E-state index >= 15 is 0 Å². The van der Waals surface area contributed by atoms with E-state index in [0.717, 1.165) is 5.56 Å². The molecule has 0 aromatic heterocycles. The number of hydrogen-bond donors (Lipinski definition) is 7. The number of carbonyl (C=O) groups excluding carboxylic acids is 4. The second-order valence-electron chi connectivity index (χ2n) is 13.6. The van der Waals surface area contributed by atoms with Gasteiger partial charge in [-0.15, -0.1) is 0 Å². The summed E-state index contributed by atoms with van der Waals surface area (Å²) in [4.78, 5) is 67.7. The van der Waals surface area contributed by atoms with Gasteiger partial charge >= 0.3 is 12.1 Å². The molecule has 1 unspecified atom stereocenters. The summed E-state index contributed by atoms with van der Waals surface area (Å²) in [6.07, 6.45) is -4.71. The third-order valence-corrected chi connectivity index (χ3v) is 9.34. The number of unbranched alkanes of at least 4 members (excludes halogenated alkanes) is 2. The molecule has 10 N–H and O–H groups in total. The number of nitrogens with zero attached hydrogens (tertiary/aromatic N) is 1. The van der Waals surface area contributed by atoms with Gasteiger partial charge in [0.2, 0.25) is 23.6 Å². The fourth-order valence-electron chi connectivity index (χ4n) is 6.10. The van der Waals surface area contributed by atoms with Crippen LogP contribution in [0.4, 0.5) is 13.2 Å².